The minimum atomic E-state index is -0.128. The Kier molecular flexibility index (Phi) is 7.88. The van der Waals surface area contributed by atoms with E-state index in [1.807, 2.05) is 54.7 Å². The fourth-order valence-corrected chi connectivity index (χ4v) is 4.91. The van der Waals surface area contributed by atoms with Crippen LogP contribution in [0.15, 0.2) is 77.9 Å². The molecule has 37 heavy (non-hydrogen) atoms. The number of hydrogen-bond acceptors (Lipinski definition) is 4. The number of benzene rings is 2. The van der Waals surface area contributed by atoms with Crippen molar-refractivity contribution in [3.05, 3.63) is 89.0 Å². The molecule has 0 aliphatic carbocycles. The van der Waals surface area contributed by atoms with Crippen molar-refractivity contribution in [2.75, 3.05) is 6.54 Å². The molecular weight excluding hydrogens is 460 g/mol. The molecule has 0 saturated heterocycles. The summed E-state index contributed by atoms with van der Waals surface area (Å²) in [6.07, 6.45) is 5.84. The molecule has 0 atom stereocenters. The third-order valence-corrected chi connectivity index (χ3v) is 7.77. The van der Waals surface area contributed by atoms with Crippen molar-refractivity contribution in [1.29, 1.82) is 0 Å². The Hall–Kier alpha value is -3.38. The van der Waals surface area contributed by atoms with Gasteiger partial charge in [0.2, 0.25) is 0 Å². The van der Waals surface area contributed by atoms with E-state index in [2.05, 4.69) is 57.2 Å². The first-order chi connectivity index (χ1) is 17.6. The highest BCUT2D eigenvalue weighted by Gasteiger charge is 2.35. The summed E-state index contributed by atoms with van der Waals surface area (Å²) in [6, 6.07) is 19.4. The molecule has 196 valence electrons. The van der Waals surface area contributed by atoms with E-state index in [9.17, 15) is 4.79 Å². The van der Waals surface area contributed by atoms with Crippen LogP contribution in [-0.2, 0) is 13.2 Å². The molecule has 0 N–H and O–H groups in total. The van der Waals surface area contributed by atoms with Gasteiger partial charge in [0, 0.05) is 41.0 Å². The number of rotatable bonds is 11. The Labute approximate surface area is 220 Å². The standard InChI is InChI=1S/C31H40N4O2/c1-7-30(3,4)35(31(5,6)8-2)19-18-34-28-15-14-26(20-25(28)22-32-34)33-17-16-27(21-29(33)36)37-23-24-12-10-9-11-13-24/h9-17,20-22H,7-8,18-19,23H2,1-6H3. The smallest absolute Gasteiger partial charge is 0.258 e. The van der Waals surface area contributed by atoms with E-state index in [1.165, 1.54) is 6.07 Å². The van der Waals surface area contributed by atoms with Crippen LogP contribution in [-0.4, -0.2) is 36.9 Å². The molecular formula is C31H40N4O2. The maximum absolute atomic E-state index is 12.9. The van der Waals surface area contributed by atoms with Gasteiger partial charge in [-0.3, -0.25) is 18.9 Å². The van der Waals surface area contributed by atoms with E-state index in [1.54, 1.807) is 10.8 Å². The molecule has 2 aromatic carbocycles. The number of hydrogen-bond donors (Lipinski definition) is 0. The van der Waals surface area contributed by atoms with Crippen LogP contribution in [0.5, 0.6) is 5.75 Å². The van der Waals surface area contributed by atoms with E-state index in [0.717, 1.165) is 48.1 Å². The molecule has 0 aliphatic heterocycles. The maximum atomic E-state index is 12.9. The van der Waals surface area contributed by atoms with E-state index in [4.69, 9.17) is 9.84 Å². The summed E-state index contributed by atoms with van der Waals surface area (Å²) in [4.78, 5) is 15.5. The van der Waals surface area contributed by atoms with Crippen molar-refractivity contribution >= 4 is 10.9 Å². The zero-order valence-electron chi connectivity index (χ0n) is 23.1. The third-order valence-electron chi connectivity index (χ3n) is 7.77. The number of pyridine rings is 1. The summed E-state index contributed by atoms with van der Waals surface area (Å²) < 4.78 is 9.53. The van der Waals surface area contributed by atoms with Gasteiger partial charge in [0.15, 0.2) is 0 Å². The largest absolute Gasteiger partial charge is 0.489 e. The number of nitrogens with zero attached hydrogens (tertiary/aromatic N) is 4. The lowest BCUT2D eigenvalue weighted by molar-refractivity contribution is 0.00767. The summed E-state index contributed by atoms with van der Waals surface area (Å²) in [5.74, 6) is 0.563. The second kappa shape index (κ2) is 10.9. The van der Waals surface area contributed by atoms with Gasteiger partial charge < -0.3 is 4.74 Å². The van der Waals surface area contributed by atoms with Crippen molar-refractivity contribution in [2.24, 2.45) is 0 Å². The van der Waals surface area contributed by atoms with Gasteiger partial charge in [0.05, 0.1) is 18.3 Å². The topological polar surface area (TPSA) is 52.3 Å². The van der Waals surface area contributed by atoms with Gasteiger partial charge in [0.25, 0.3) is 5.56 Å². The van der Waals surface area contributed by atoms with Crippen LogP contribution in [0.1, 0.15) is 59.9 Å². The highest BCUT2D eigenvalue weighted by molar-refractivity contribution is 5.80. The van der Waals surface area contributed by atoms with Crippen LogP contribution in [0.25, 0.3) is 16.6 Å². The first-order valence-corrected chi connectivity index (χ1v) is 13.3. The van der Waals surface area contributed by atoms with Gasteiger partial charge in [-0.25, -0.2) is 0 Å². The van der Waals surface area contributed by atoms with Gasteiger partial charge in [-0.15, -0.1) is 0 Å². The second-order valence-electron chi connectivity index (χ2n) is 10.9. The van der Waals surface area contributed by atoms with E-state index in [0.29, 0.717) is 12.4 Å². The highest BCUT2D eigenvalue weighted by atomic mass is 16.5. The lowest BCUT2D eigenvalue weighted by Gasteiger charge is -2.48. The summed E-state index contributed by atoms with van der Waals surface area (Å²) in [5.41, 5.74) is 3.03. The molecule has 4 aromatic rings. The molecule has 0 spiro atoms. The molecule has 6 nitrogen and oxygen atoms in total. The van der Waals surface area contributed by atoms with Gasteiger partial charge in [0.1, 0.15) is 12.4 Å². The van der Waals surface area contributed by atoms with Crippen LogP contribution in [0, 0.1) is 0 Å². The number of aromatic nitrogens is 3. The van der Waals surface area contributed by atoms with Crippen LogP contribution in [0.2, 0.25) is 0 Å². The molecule has 0 saturated carbocycles. The van der Waals surface area contributed by atoms with Crippen LogP contribution in [0.3, 0.4) is 0 Å². The fourth-order valence-electron chi connectivity index (χ4n) is 4.91. The minimum Gasteiger partial charge on any atom is -0.489 e. The van der Waals surface area contributed by atoms with E-state index >= 15 is 0 Å². The molecule has 4 rings (SSSR count). The van der Waals surface area contributed by atoms with Crippen LogP contribution < -0.4 is 10.3 Å². The number of fused-ring (bicyclic) bond motifs is 1. The summed E-state index contributed by atoms with van der Waals surface area (Å²) in [7, 11) is 0. The third kappa shape index (κ3) is 5.96. The molecule has 2 heterocycles. The Morgan fingerprint density at radius 3 is 2.27 bits per heavy atom. The summed E-state index contributed by atoms with van der Waals surface area (Å²) >= 11 is 0. The SMILES string of the molecule is CCC(C)(C)N(CCn1ncc2cc(-n3ccc(OCc4ccccc4)cc3=O)ccc21)C(C)(C)CC. The maximum Gasteiger partial charge on any atom is 0.258 e. The predicted molar refractivity (Wildman–Crippen MR) is 152 cm³/mol. The zero-order chi connectivity index (χ0) is 26.6. The Morgan fingerprint density at radius 2 is 1.62 bits per heavy atom. The molecule has 0 aliphatic rings. The highest BCUT2D eigenvalue weighted by Crippen LogP contribution is 2.30. The lowest BCUT2D eigenvalue weighted by atomic mass is 9.89. The van der Waals surface area contributed by atoms with E-state index in [-0.39, 0.29) is 16.6 Å². The fraction of sp³-hybridized carbons (Fsp3) is 0.419. The van der Waals surface area contributed by atoms with Gasteiger partial charge >= 0.3 is 0 Å². The van der Waals surface area contributed by atoms with E-state index < -0.39 is 0 Å². The minimum absolute atomic E-state index is 0.105. The second-order valence-corrected chi connectivity index (χ2v) is 10.9. The first kappa shape index (κ1) is 26.7. The molecule has 0 radical (unpaired) electrons. The zero-order valence-corrected chi connectivity index (χ0v) is 23.1. The van der Waals surface area contributed by atoms with Crippen LogP contribution >= 0.6 is 0 Å². The molecule has 0 amide bonds. The van der Waals surface area contributed by atoms with Crippen molar-refractivity contribution in [3.8, 4) is 11.4 Å². The molecule has 0 fully saturated rings. The van der Waals surface area contributed by atoms with Crippen LogP contribution in [0.4, 0.5) is 0 Å². The van der Waals surface area contributed by atoms with Gasteiger partial charge in [-0.1, -0.05) is 44.2 Å². The first-order valence-electron chi connectivity index (χ1n) is 13.3. The quantitative estimate of drug-likeness (QED) is 0.238. The molecule has 2 aromatic heterocycles. The molecule has 0 bridgehead atoms. The summed E-state index contributed by atoms with van der Waals surface area (Å²) in [5, 5.41) is 5.71. The number of ether oxygens (including phenoxy) is 1. The van der Waals surface area contributed by atoms with Crippen molar-refractivity contribution in [2.45, 2.75) is 78.6 Å². The predicted octanol–water partition coefficient (Wildman–Crippen LogP) is 6.45. The Morgan fingerprint density at radius 1 is 0.919 bits per heavy atom. The average molecular weight is 501 g/mol. The Bertz CT molecular complexity index is 1370. The monoisotopic (exact) mass is 500 g/mol. The lowest BCUT2D eigenvalue weighted by Crippen LogP contribution is -2.56. The molecule has 6 heteroatoms. The Balaban J connectivity index is 1.51. The normalized spacial score (nSPS) is 12.4. The van der Waals surface area contributed by atoms with Crippen molar-refractivity contribution in [1.82, 2.24) is 19.2 Å². The molecule has 0 unspecified atom stereocenters. The average Bonchev–Trinajstić information content (AvgIpc) is 3.30. The summed E-state index contributed by atoms with van der Waals surface area (Å²) in [6.45, 7) is 16.0. The van der Waals surface area contributed by atoms with Crippen molar-refractivity contribution in [3.63, 3.8) is 0 Å². The van der Waals surface area contributed by atoms with Gasteiger partial charge in [-0.05, 0) is 70.4 Å². The van der Waals surface area contributed by atoms with Gasteiger partial charge in [-0.2, -0.15) is 5.10 Å². The van der Waals surface area contributed by atoms with Crippen molar-refractivity contribution < 1.29 is 4.74 Å².